The van der Waals surface area contributed by atoms with E-state index >= 15 is 0 Å². The van der Waals surface area contributed by atoms with E-state index in [-0.39, 0.29) is 5.91 Å². The maximum absolute atomic E-state index is 11.2. The van der Waals surface area contributed by atoms with Gasteiger partial charge < -0.3 is 0 Å². The fraction of sp³-hybridized carbons (Fsp3) is 0.118. The van der Waals surface area contributed by atoms with Crippen molar-refractivity contribution in [3.05, 3.63) is 84.6 Å². The summed E-state index contributed by atoms with van der Waals surface area (Å²) in [5, 5.41) is 32.1. The van der Waals surface area contributed by atoms with E-state index in [1.54, 1.807) is 11.5 Å². The van der Waals surface area contributed by atoms with Gasteiger partial charge in [0, 0.05) is 18.5 Å². The number of nitro groups is 3. The Balaban J connectivity index is 0.000000202. The highest BCUT2D eigenvalue weighted by atomic mass is 16.6. The largest absolute Gasteiger partial charge is 0.287 e. The van der Waals surface area contributed by atoms with Crippen molar-refractivity contribution in [2.45, 2.75) is 13.8 Å². The summed E-state index contributed by atoms with van der Waals surface area (Å²) < 4.78 is 1.69. The van der Waals surface area contributed by atoms with Gasteiger partial charge in [-0.05, 0) is 18.6 Å². The highest BCUT2D eigenvalue weighted by Gasteiger charge is 2.21. The Labute approximate surface area is 157 Å². The van der Waals surface area contributed by atoms with Gasteiger partial charge in [-0.15, -0.1) is 0 Å². The number of rotatable bonds is 3. The fourth-order valence-electron chi connectivity index (χ4n) is 2.51. The Hall–Kier alpha value is -4.15. The lowest BCUT2D eigenvalue weighted by Crippen LogP contribution is -2.02. The van der Waals surface area contributed by atoms with Crippen molar-refractivity contribution >= 4 is 33.9 Å². The molecule has 0 amide bonds. The third kappa shape index (κ3) is 4.33. The van der Waals surface area contributed by atoms with Crippen LogP contribution in [-0.4, -0.2) is 25.2 Å². The second-order valence-corrected chi connectivity index (χ2v) is 5.70. The van der Waals surface area contributed by atoms with Crippen LogP contribution in [0, 0.1) is 37.3 Å². The summed E-state index contributed by atoms with van der Waals surface area (Å²) in [5.74, 6) is 0.0595. The molecule has 0 spiro atoms. The van der Waals surface area contributed by atoms with Crippen LogP contribution in [0.1, 0.15) is 17.3 Å². The molecule has 144 valence electrons. The first kappa shape index (κ1) is 20.2. The van der Waals surface area contributed by atoms with Gasteiger partial charge in [0.2, 0.25) is 5.91 Å². The maximum atomic E-state index is 11.2. The SMILES string of the molecule is CC(=O)n1cc(C)c2ccccc21.O=[N+]([O-])c1cc([N+](=O)[O-])cc([N+](=O)[O-])c1. The number of carbonyl (C=O) groups excluding carboxylic acids is 1. The normalized spacial score (nSPS) is 10.1. The number of hydrogen-bond acceptors (Lipinski definition) is 7. The molecule has 0 fully saturated rings. The number of benzene rings is 2. The molecule has 28 heavy (non-hydrogen) atoms. The standard InChI is InChI=1S/C11H11NO.C6H3N3O6/c1-8-7-12(9(2)13)11-6-4-3-5-10(8)11;10-7(11)4-1-5(8(12)13)3-6(2-4)9(14)15/h3-7H,1-2H3;1-3H. The van der Waals surface area contributed by atoms with Crippen LogP contribution in [0.3, 0.4) is 0 Å². The average molecular weight is 386 g/mol. The van der Waals surface area contributed by atoms with E-state index in [1.165, 1.54) is 0 Å². The number of fused-ring (bicyclic) bond motifs is 1. The van der Waals surface area contributed by atoms with Gasteiger partial charge in [-0.3, -0.25) is 39.7 Å². The lowest BCUT2D eigenvalue weighted by Gasteiger charge is -1.97. The number of hydrogen-bond donors (Lipinski definition) is 0. The molecule has 3 rings (SSSR count). The Morgan fingerprint density at radius 1 is 0.857 bits per heavy atom. The van der Waals surface area contributed by atoms with E-state index in [2.05, 4.69) is 0 Å². The fourth-order valence-corrected chi connectivity index (χ4v) is 2.51. The van der Waals surface area contributed by atoms with Gasteiger partial charge in [0.25, 0.3) is 17.1 Å². The Morgan fingerprint density at radius 3 is 1.68 bits per heavy atom. The second-order valence-electron chi connectivity index (χ2n) is 5.70. The topological polar surface area (TPSA) is 151 Å². The first-order valence-electron chi connectivity index (χ1n) is 7.77. The van der Waals surface area contributed by atoms with E-state index < -0.39 is 31.8 Å². The Bertz CT molecular complexity index is 1030. The summed E-state index contributed by atoms with van der Waals surface area (Å²) in [5.41, 5.74) is 0.0843. The molecule has 1 aromatic heterocycles. The van der Waals surface area contributed by atoms with Crippen LogP contribution >= 0.6 is 0 Å². The summed E-state index contributed by atoms with van der Waals surface area (Å²) in [6, 6.07) is 9.90. The number of nitro benzene ring substituents is 3. The zero-order chi connectivity index (χ0) is 21.0. The predicted octanol–water partition coefficient (Wildman–Crippen LogP) is 4.02. The summed E-state index contributed by atoms with van der Waals surface area (Å²) in [6.45, 7) is 3.59. The monoisotopic (exact) mass is 386 g/mol. The van der Waals surface area contributed by atoms with Gasteiger partial charge in [-0.2, -0.15) is 0 Å². The smallest absolute Gasteiger partial charge is 0.283 e. The molecule has 0 aliphatic carbocycles. The van der Waals surface area contributed by atoms with Crippen molar-refractivity contribution in [1.29, 1.82) is 0 Å². The minimum atomic E-state index is -0.931. The number of aromatic nitrogens is 1. The second kappa shape index (κ2) is 8.03. The zero-order valence-corrected chi connectivity index (χ0v) is 14.8. The molecular weight excluding hydrogens is 372 g/mol. The molecule has 0 atom stereocenters. The van der Waals surface area contributed by atoms with Crippen LogP contribution in [-0.2, 0) is 0 Å². The van der Waals surface area contributed by atoms with Crippen LogP contribution < -0.4 is 0 Å². The van der Waals surface area contributed by atoms with E-state index in [0.29, 0.717) is 18.2 Å². The molecule has 0 bridgehead atoms. The molecule has 0 aliphatic rings. The number of aryl methyl sites for hydroxylation is 1. The Morgan fingerprint density at radius 2 is 1.29 bits per heavy atom. The number of para-hydroxylation sites is 1. The number of carbonyl (C=O) groups is 1. The summed E-state index contributed by atoms with van der Waals surface area (Å²) >= 11 is 0. The van der Waals surface area contributed by atoms with Crippen LogP contribution in [0.25, 0.3) is 10.9 Å². The lowest BCUT2D eigenvalue weighted by molar-refractivity contribution is -0.403. The quantitative estimate of drug-likeness (QED) is 0.487. The summed E-state index contributed by atoms with van der Waals surface area (Å²) in [6.07, 6.45) is 1.88. The van der Waals surface area contributed by atoms with Crippen LogP contribution in [0.4, 0.5) is 17.1 Å². The molecule has 0 unspecified atom stereocenters. The highest BCUT2D eigenvalue weighted by molar-refractivity contribution is 5.93. The number of non-ortho nitro benzene ring substituents is 3. The van der Waals surface area contributed by atoms with Crippen molar-refractivity contribution in [1.82, 2.24) is 4.57 Å². The van der Waals surface area contributed by atoms with Crippen LogP contribution in [0.5, 0.6) is 0 Å². The maximum Gasteiger partial charge on any atom is 0.283 e. The minimum absolute atomic E-state index is 0.0595. The van der Waals surface area contributed by atoms with Gasteiger partial charge in [0.15, 0.2) is 0 Å². The molecule has 0 saturated heterocycles. The van der Waals surface area contributed by atoms with Gasteiger partial charge in [-0.1, -0.05) is 18.2 Å². The zero-order valence-electron chi connectivity index (χ0n) is 14.8. The van der Waals surface area contributed by atoms with Gasteiger partial charge >= 0.3 is 0 Å². The molecule has 2 aromatic carbocycles. The van der Waals surface area contributed by atoms with Crippen molar-refractivity contribution in [3.8, 4) is 0 Å². The highest BCUT2D eigenvalue weighted by Crippen LogP contribution is 2.26. The molecule has 11 nitrogen and oxygen atoms in total. The predicted molar refractivity (Wildman–Crippen MR) is 99.4 cm³/mol. The Kier molecular flexibility index (Phi) is 5.79. The molecule has 0 aliphatic heterocycles. The van der Waals surface area contributed by atoms with E-state index in [9.17, 15) is 35.1 Å². The van der Waals surface area contributed by atoms with E-state index in [0.717, 1.165) is 16.5 Å². The molecule has 0 saturated carbocycles. The molecule has 0 radical (unpaired) electrons. The van der Waals surface area contributed by atoms with E-state index in [1.807, 2.05) is 37.4 Å². The van der Waals surface area contributed by atoms with Crippen LogP contribution in [0.2, 0.25) is 0 Å². The molecular formula is C17H14N4O7. The van der Waals surface area contributed by atoms with Crippen molar-refractivity contribution in [2.75, 3.05) is 0 Å². The average Bonchev–Trinajstić information content (AvgIpc) is 2.99. The first-order valence-corrected chi connectivity index (χ1v) is 7.77. The van der Waals surface area contributed by atoms with Crippen molar-refractivity contribution < 1.29 is 19.6 Å². The van der Waals surface area contributed by atoms with Gasteiger partial charge in [0.1, 0.15) is 0 Å². The van der Waals surface area contributed by atoms with Gasteiger partial charge in [-0.25, -0.2) is 0 Å². The first-order chi connectivity index (χ1) is 13.1. The molecule has 3 aromatic rings. The lowest BCUT2D eigenvalue weighted by atomic mass is 10.2. The summed E-state index contributed by atoms with van der Waals surface area (Å²) in [7, 11) is 0. The molecule has 11 heteroatoms. The number of nitrogens with zero attached hydrogens (tertiary/aromatic N) is 4. The third-order valence-electron chi connectivity index (χ3n) is 3.77. The molecule has 1 heterocycles. The van der Waals surface area contributed by atoms with Crippen molar-refractivity contribution in [2.24, 2.45) is 0 Å². The van der Waals surface area contributed by atoms with Crippen molar-refractivity contribution in [3.63, 3.8) is 0 Å². The van der Waals surface area contributed by atoms with Crippen LogP contribution in [0.15, 0.2) is 48.7 Å². The third-order valence-corrected chi connectivity index (χ3v) is 3.77. The van der Waals surface area contributed by atoms with Gasteiger partial charge in [0.05, 0.1) is 38.5 Å². The minimum Gasteiger partial charge on any atom is -0.287 e. The molecule has 0 N–H and O–H groups in total. The van der Waals surface area contributed by atoms with E-state index in [4.69, 9.17) is 0 Å². The summed E-state index contributed by atoms with van der Waals surface area (Å²) in [4.78, 5) is 39.4.